The quantitative estimate of drug-likeness (QED) is 0.255. The molecule has 2 heteroatoms. The molecule has 0 bridgehead atoms. The zero-order valence-electron chi connectivity index (χ0n) is 32.4. The highest BCUT2D eigenvalue weighted by atomic mass is 15.3. The molecule has 0 aromatic heterocycles. The van der Waals surface area contributed by atoms with Crippen LogP contribution < -0.4 is 0 Å². The Morgan fingerprint density at radius 2 is 1.50 bits per heavy atom. The molecule has 52 heavy (non-hydrogen) atoms. The van der Waals surface area contributed by atoms with Crippen molar-refractivity contribution in [3.05, 3.63) is 94.6 Å². The van der Waals surface area contributed by atoms with E-state index in [-0.39, 0.29) is 0 Å². The Bertz CT molecular complexity index is 1580. The van der Waals surface area contributed by atoms with Crippen LogP contribution in [0.15, 0.2) is 94.6 Å². The van der Waals surface area contributed by atoms with Crippen molar-refractivity contribution in [3.63, 3.8) is 0 Å². The highest BCUT2D eigenvalue weighted by Gasteiger charge is 2.53. The second kappa shape index (κ2) is 15.0. The smallest absolute Gasteiger partial charge is 0.0540 e. The Kier molecular flexibility index (Phi) is 9.81. The topological polar surface area (TPSA) is 6.48 Å². The van der Waals surface area contributed by atoms with Crippen molar-refractivity contribution >= 4 is 0 Å². The van der Waals surface area contributed by atoms with E-state index in [4.69, 9.17) is 0 Å². The Labute approximate surface area is 317 Å². The fourth-order valence-electron chi connectivity index (χ4n) is 13.9. The second-order valence-corrected chi connectivity index (χ2v) is 19.1. The molecule has 2 fully saturated rings. The third-order valence-corrected chi connectivity index (χ3v) is 16.5. The summed E-state index contributed by atoms with van der Waals surface area (Å²) in [6.07, 6.45) is 58.3. The van der Waals surface area contributed by atoms with Crippen LogP contribution in [0.5, 0.6) is 0 Å². The first-order valence-corrected chi connectivity index (χ1v) is 22.9. The van der Waals surface area contributed by atoms with Crippen molar-refractivity contribution in [2.75, 3.05) is 0 Å². The highest BCUT2D eigenvalue weighted by Crippen LogP contribution is 2.57. The van der Waals surface area contributed by atoms with Crippen molar-refractivity contribution < 1.29 is 0 Å². The van der Waals surface area contributed by atoms with E-state index < -0.39 is 0 Å². The standard InChI is InChI=1S/C50H68N2/c1-3-12-35(13-4-1)37-24-29-43(30-25-37)51(44-31-26-38(27-32-44)41-23-22-36-14-7-8-16-40(36)34-41)48-21-11-20-46-47-33-28-39-15-9-10-19-45(39)49(47)52(50(46)48)42-17-5-2-6-18-42/h1-3,5,7,14,22-23,31,34-38,40,42-43,46-47,49H,4,6,8-13,15-21,24-30,32-33H2/t35-,36?,37?,38+,40?,42?,43?,46-,47?,49?/m0/s1. The Morgan fingerprint density at radius 3 is 2.33 bits per heavy atom. The van der Waals surface area contributed by atoms with Gasteiger partial charge in [0.05, 0.1) is 6.04 Å². The van der Waals surface area contributed by atoms with Crippen LogP contribution in [0, 0.1) is 41.4 Å². The van der Waals surface area contributed by atoms with Crippen molar-refractivity contribution in [2.45, 2.75) is 172 Å². The van der Waals surface area contributed by atoms with Gasteiger partial charge in [-0.3, -0.25) is 0 Å². The van der Waals surface area contributed by atoms with Crippen LogP contribution in [0.4, 0.5) is 0 Å². The monoisotopic (exact) mass is 697 g/mol. The molecule has 10 rings (SSSR count). The van der Waals surface area contributed by atoms with Crippen LogP contribution in [-0.2, 0) is 0 Å². The number of fused-ring (bicyclic) bond motifs is 5. The normalized spacial score (nSPS) is 40.1. The highest BCUT2D eigenvalue weighted by molar-refractivity contribution is 5.39. The summed E-state index contributed by atoms with van der Waals surface area (Å²) in [4.78, 5) is 6.35. The molecule has 0 radical (unpaired) electrons. The molecular formula is C50H68N2. The molecule has 0 aromatic carbocycles. The van der Waals surface area contributed by atoms with Gasteiger partial charge in [0.1, 0.15) is 0 Å². The number of hydrogen-bond donors (Lipinski definition) is 0. The Morgan fingerprint density at radius 1 is 0.635 bits per heavy atom. The molecular weight excluding hydrogens is 629 g/mol. The summed E-state index contributed by atoms with van der Waals surface area (Å²) >= 11 is 0. The molecule has 2 nitrogen and oxygen atoms in total. The van der Waals surface area contributed by atoms with E-state index in [9.17, 15) is 0 Å². The van der Waals surface area contributed by atoms with Crippen LogP contribution in [-0.4, -0.2) is 27.9 Å². The lowest BCUT2D eigenvalue weighted by atomic mass is 9.70. The first-order valence-electron chi connectivity index (χ1n) is 22.9. The molecule has 278 valence electrons. The molecule has 8 atom stereocenters. The van der Waals surface area contributed by atoms with Crippen LogP contribution in [0.2, 0.25) is 0 Å². The minimum atomic E-state index is 0.647. The van der Waals surface area contributed by atoms with Gasteiger partial charge in [-0.2, -0.15) is 0 Å². The SMILES string of the molecule is C1=CC2C=CC([C@@H]3CC=C(N(C4=C5[C@@H](CCC4)C4CCC6=C(CCCC6)C4N5C4CC=CCC4)C4CCC([C@H]5CC=CCC5)CC4)CC3)=CC2CC1. The van der Waals surface area contributed by atoms with Crippen LogP contribution in [0.25, 0.3) is 0 Å². The fourth-order valence-corrected chi connectivity index (χ4v) is 13.9. The van der Waals surface area contributed by atoms with Crippen molar-refractivity contribution in [1.29, 1.82) is 0 Å². The van der Waals surface area contributed by atoms with Gasteiger partial charge in [0.2, 0.25) is 0 Å². The van der Waals surface area contributed by atoms with Gasteiger partial charge in [-0.1, -0.05) is 66.3 Å². The number of rotatable bonds is 6. The molecule has 1 saturated carbocycles. The maximum atomic E-state index is 3.21. The average molecular weight is 697 g/mol. The first-order chi connectivity index (χ1) is 25.8. The largest absolute Gasteiger partial charge is 0.363 e. The number of nitrogens with zero attached hydrogens (tertiary/aromatic N) is 2. The van der Waals surface area contributed by atoms with E-state index in [1.54, 1.807) is 11.3 Å². The van der Waals surface area contributed by atoms with Crippen molar-refractivity contribution in [2.24, 2.45) is 41.4 Å². The van der Waals surface area contributed by atoms with Gasteiger partial charge in [0.25, 0.3) is 0 Å². The summed E-state index contributed by atoms with van der Waals surface area (Å²) in [6, 6.07) is 2.10. The lowest BCUT2D eigenvalue weighted by molar-refractivity contribution is 0.142. The van der Waals surface area contributed by atoms with Gasteiger partial charge in [-0.25, -0.2) is 0 Å². The third kappa shape index (κ3) is 6.32. The van der Waals surface area contributed by atoms with E-state index >= 15 is 0 Å². The van der Waals surface area contributed by atoms with Crippen LogP contribution in [0.3, 0.4) is 0 Å². The average Bonchev–Trinajstić information content (AvgIpc) is 3.58. The summed E-state index contributed by atoms with van der Waals surface area (Å²) in [5, 5.41) is 0. The zero-order valence-corrected chi connectivity index (χ0v) is 32.4. The molecule has 1 heterocycles. The predicted octanol–water partition coefficient (Wildman–Crippen LogP) is 13.1. The summed E-state index contributed by atoms with van der Waals surface area (Å²) in [6.45, 7) is 0. The van der Waals surface area contributed by atoms with Gasteiger partial charge in [0, 0.05) is 41.0 Å². The summed E-state index contributed by atoms with van der Waals surface area (Å²) in [5.41, 5.74) is 11.0. The minimum Gasteiger partial charge on any atom is -0.363 e. The molecule has 9 aliphatic carbocycles. The maximum Gasteiger partial charge on any atom is 0.0540 e. The first kappa shape index (κ1) is 34.0. The van der Waals surface area contributed by atoms with Gasteiger partial charge >= 0.3 is 0 Å². The number of allylic oxidation sites excluding steroid dienone is 14. The van der Waals surface area contributed by atoms with Gasteiger partial charge in [-0.05, 0) is 195 Å². The van der Waals surface area contributed by atoms with E-state index in [1.165, 1.54) is 154 Å². The van der Waals surface area contributed by atoms with Crippen molar-refractivity contribution in [3.8, 4) is 0 Å². The molecule has 0 N–H and O–H groups in total. The number of hydrogen-bond acceptors (Lipinski definition) is 2. The van der Waals surface area contributed by atoms with Crippen LogP contribution in [0.1, 0.15) is 154 Å². The zero-order chi connectivity index (χ0) is 34.4. The fraction of sp³-hybridized carbons (Fsp3) is 0.680. The Hall–Kier alpha value is -2.48. The molecule has 1 aliphatic heterocycles. The van der Waals surface area contributed by atoms with Crippen LogP contribution >= 0.6 is 0 Å². The summed E-state index contributed by atoms with van der Waals surface area (Å²) in [7, 11) is 0. The van der Waals surface area contributed by atoms with E-state index in [0.29, 0.717) is 30.0 Å². The molecule has 1 saturated heterocycles. The van der Waals surface area contributed by atoms with Gasteiger partial charge in [0.15, 0.2) is 0 Å². The van der Waals surface area contributed by atoms with E-state index in [1.807, 2.05) is 22.5 Å². The minimum absolute atomic E-state index is 0.647. The third-order valence-electron chi connectivity index (χ3n) is 16.5. The lowest BCUT2D eigenvalue weighted by Gasteiger charge is -2.48. The predicted molar refractivity (Wildman–Crippen MR) is 217 cm³/mol. The molecule has 0 aromatic rings. The van der Waals surface area contributed by atoms with Crippen molar-refractivity contribution in [1.82, 2.24) is 9.80 Å². The van der Waals surface area contributed by atoms with E-state index in [0.717, 1.165) is 29.6 Å². The summed E-state index contributed by atoms with van der Waals surface area (Å²) < 4.78 is 0. The van der Waals surface area contributed by atoms with Gasteiger partial charge in [-0.15, -0.1) is 0 Å². The molecule has 5 unspecified atom stereocenters. The Balaban J connectivity index is 1.01. The molecule has 0 spiro atoms. The molecule has 10 aliphatic rings. The van der Waals surface area contributed by atoms with E-state index in [2.05, 4.69) is 70.6 Å². The maximum absolute atomic E-state index is 3.21. The number of likely N-dealkylation sites (tertiary alicyclic amines) is 1. The summed E-state index contributed by atoms with van der Waals surface area (Å²) in [5.74, 6) is 5.62. The lowest BCUT2D eigenvalue weighted by Crippen LogP contribution is -2.45. The second-order valence-electron chi connectivity index (χ2n) is 19.1. The van der Waals surface area contributed by atoms with Gasteiger partial charge < -0.3 is 9.80 Å². The molecule has 0 amide bonds.